The number of ether oxygens (including phenoxy) is 1. The fourth-order valence-electron chi connectivity index (χ4n) is 4.49. The zero-order valence-electron chi connectivity index (χ0n) is 19.0. The van der Waals surface area contributed by atoms with Gasteiger partial charge in [-0.05, 0) is 44.0 Å². The van der Waals surface area contributed by atoms with Gasteiger partial charge in [-0.15, -0.1) is 10.2 Å². The second kappa shape index (κ2) is 8.72. The van der Waals surface area contributed by atoms with Gasteiger partial charge in [0.15, 0.2) is 11.5 Å². The average molecular weight is 489 g/mol. The van der Waals surface area contributed by atoms with Crippen LogP contribution in [0.2, 0.25) is 0 Å². The first-order chi connectivity index (χ1) is 16.6. The van der Waals surface area contributed by atoms with Crippen molar-refractivity contribution in [2.24, 2.45) is 0 Å². The highest BCUT2D eigenvalue weighted by atomic mass is 19.4. The number of nitrogens with zero attached hydrogens (tertiary/aromatic N) is 5. The maximum Gasteiger partial charge on any atom is 0.408 e. The van der Waals surface area contributed by atoms with Gasteiger partial charge in [-0.3, -0.25) is 9.30 Å². The third kappa shape index (κ3) is 4.53. The average Bonchev–Trinajstić information content (AvgIpc) is 3.38. The van der Waals surface area contributed by atoms with Crippen LogP contribution in [0.3, 0.4) is 0 Å². The predicted molar refractivity (Wildman–Crippen MR) is 120 cm³/mol. The summed E-state index contributed by atoms with van der Waals surface area (Å²) in [6.45, 7) is 3.70. The summed E-state index contributed by atoms with van der Waals surface area (Å²) in [6, 6.07) is 6.82. The summed E-state index contributed by atoms with van der Waals surface area (Å²) in [5.74, 6) is 0.0348. The summed E-state index contributed by atoms with van der Waals surface area (Å²) in [4.78, 5) is 5.82. The molecular formula is C24H23F4N5O2. The third-order valence-corrected chi connectivity index (χ3v) is 5.92. The van der Waals surface area contributed by atoms with Crippen molar-refractivity contribution in [1.29, 1.82) is 0 Å². The number of aromatic nitrogens is 4. The van der Waals surface area contributed by atoms with E-state index in [2.05, 4.69) is 15.2 Å². The Balaban J connectivity index is 1.61. The molecule has 3 aromatic heterocycles. The first-order valence-corrected chi connectivity index (χ1v) is 11.2. The molecule has 0 spiro atoms. The van der Waals surface area contributed by atoms with Crippen molar-refractivity contribution in [3.05, 3.63) is 54.0 Å². The summed E-state index contributed by atoms with van der Waals surface area (Å²) in [5.41, 5.74) is 1.12. The molecule has 35 heavy (non-hydrogen) atoms. The molecule has 7 nitrogen and oxygen atoms in total. The van der Waals surface area contributed by atoms with E-state index in [-0.39, 0.29) is 42.8 Å². The Labute approximate surface area is 198 Å². The Morgan fingerprint density at radius 3 is 2.60 bits per heavy atom. The molecule has 0 amide bonds. The molecule has 1 fully saturated rings. The van der Waals surface area contributed by atoms with E-state index in [0.29, 0.717) is 22.2 Å². The molecule has 1 aliphatic heterocycles. The van der Waals surface area contributed by atoms with E-state index in [4.69, 9.17) is 4.74 Å². The van der Waals surface area contributed by atoms with Gasteiger partial charge in [0.25, 0.3) is 0 Å². The van der Waals surface area contributed by atoms with Crippen molar-refractivity contribution in [1.82, 2.24) is 24.5 Å². The second-order valence-electron chi connectivity index (χ2n) is 8.93. The van der Waals surface area contributed by atoms with Gasteiger partial charge in [-0.1, -0.05) is 12.1 Å². The van der Waals surface area contributed by atoms with Crippen molar-refractivity contribution in [2.75, 3.05) is 13.1 Å². The minimum Gasteiger partial charge on any atom is -0.489 e. The molecule has 4 heterocycles. The molecule has 4 aromatic rings. The summed E-state index contributed by atoms with van der Waals surface area (Å²) in [6.07, 6.45) is -3.90. The first-order valence-electron chi connectivity index (χ1n) is 11.2. The van der Waals surface area contributed by atoms with Crippen LogP contribution in [0, 0.1) is 5.82 Å². The van der Waals surface area contributed by atoms with Crippen molar-refractivity contribution in [2.45, 2.75) is 44.7 Å². The number of pyridine rings is 2. The Morgan fingerprint density at radius 1 is 1.11 bits per heavy atom. The lowest BCUT2D eigenvalue weighted by Crippen LogP contribution is -2.37. The summed E-state index contributed by atoms with van der Waals surface area (Å²) < 4.78 is 63.4. The van der Waals surface area contributed by atoms with E-state index in [1.54, 1.807) is 12.1 Å². The van der Waals surface area contributed by atoms with Crippen LogP contribution < -0.4 is 4.74 Å². The zero-order chi connectivity index (χ0) is 24.9. The van der Waals surface area contributed by atoms with Gasteiger partial charge in [-0.2, -0.15) is 13.2 Å². The normalized spacial score (nSPS) is 18.1. The van der Waals surface area contributed by atoms with Gasteiger partial charge in [-0.25, -0.2) is 9.37 Å². The number of hydrogen-bond donors (Lipinski definition) is 1. The van der Waals surface area contributed by atoms with Gasteiger partial charge >= 0.3 is 6.18 Å². The fourth-order valence-corrected chi connectivity index (χ4v) is 4.49. The minimum atomic E-state index is -4.54. The lowest BCUT2D eigenvalue weighted by Gasteiger charge is -2.29. The van der Waals surface area contributed by atoms with Crippen LogP contribution >= 0.6 is 0 Å². The SMILES string of the molecule is CC(C)Oc1cc(F)cc2ccc(-c3nnc4ccc([C@H](N5CC[C@@H](O)C5)C(F)(F)F)cn34)nc12. The number of fused-ring (bicyclic) bond motifs is 2. The number of likely N-dealkylation sites (tertiary alicyclic amines) is 1. The lowest BCUT2D eigenvalue weighted by molar-refractivity contribution is -0.184. The largest absolute Gasteiger partial charge is 0.489 e. The van der Waals surface area contributed by atoms with Crippen LogP contribution in [0.1, 0.15) is 31.9 Å². The highest BCUT2D eigenvalue weighted by Crippen LogP contribution is 2.40. The number of β-amino-alcohol motifs (C(OH)–C–C–N with tert-alkyl or cyclic N) is 1. The highest BCUT2D eigenvalue weighted by Gasteiger charge is 2.46. The molecule has 1 aromatic carbocycles. The first kappa shape index (κ1) is 23.4. The molecule has 0 radical (unpaired) electrons. The van der Waals surface area contributed by atoms with E-state index in [9.17, 15) is 22.7 Å². The number of rotatable bonds is 5. The number of hydrogen-bond acceptors (Lipinski definition) is 6. The molecule has 1 saturated heterocycles. The Bertz CT molecular complexity index is 1390. The second-order valence-corrected chi connectivity index (χ2v) is 8.93. The van der Waals surface area contributed by atoms with Crippen molar-refractivity contribution in [3.8, 4) is 17.3 Å². The maximum absolute atomic E-state index is 14.1. The third-order valence-electron chi connectivity index (χ3n) is 5.92. The summed E-state index contributed by atoms with van der Waals surface area (Å²) >= 11 is 0. The minimum absolute atomic E-state index is 0.00633. The van der Waals surface area contributed by atoms with Crippen LogP contribution in [-0.2, 0) is 0 Å². The smallest absolute Gasteiger partial charge is 0.408 e. The van der Waals surface area contributed by atoms with E-state index < -0.39 is 24.1 Å². The Morgan fingerprint density at radius 2 is 1.91 bits per heavy atom. The van der Waals surface area contributed by atoms with E-state index in [1.165, 1.54) is 39.8 Å². The number of halogens is 4. The topological polar surface area (TPSA) is 75.8 Å². The fraction of sp³-hybridized carbons (Fsp3) is 0.375. The number of aliphatic hydroxyl groups excluding tert-OH is 1. The number of aliphatic hydroxyl groups is 1. The number of alkyl halides is 3. The van der Waals surface area contributed by atoms with Crippen molar-refractivity contribution < 1.29 is 27.4 Å². The molecule has 0 aliphatic carbocycles. The molecule has 0 unspecified atom stereocenters. The Kier molecular flexibility index (Phi) is 5.84. The van der Waals surface area contributed by atoms with E-state index in [0.717, 1.165) is 0 Å². The van der Waals surface area contributed by atoms with Crippen LogP contribution in [-0.4, -0.2) is 61.1 Å². The van der Waals surface area contributed by atoms with Gasteiger partial charge in [0, 0.05) is 30.7 Å². The van der Waals surface area contributed by atoms with Crippen LogP contribution in [0.5, 0.6) is 5.75 Å². The van der Waals surface area contributed by atoms with Crippen molar-refractivity contribution >= 4 is 16.6 Å². The monoisotopic (exact) mass is 489 g/mol. The van der Waals surface area contributed by atoms with Crippen LogP contribution in [0.25, 0.3) is 28.1 Å². The van der Waals surface area contributed by atoms with Gasteiger partial charge in [0.1, 0.15) is 28.8 Å². The molecule has 1 aliphatic rings. The molecule has 11 heteroatoms. The maximum atomic E-state index is 14.1. The molecule has 1 N–H and O–H groups in total. The highest BCUT2D eigenvalue weighted by molar-refractivity contribution is 5.86. The zero-order valence-corrected chi connectivity index (χ0v) is 19.0. The van der Waals surface area contributed by atoms with Gasteiger partial charge in [0.05, 0.1) is 12.2 Å². The molecule has 5 rings (SSSR count). The summed E-state index contributed by atoms with van der Waals surface area (Å²) in [7, 11) is 0. The van der Waals surface area contributed by atoms with E-state index in [1.807, 2.05) is 13.8 Å². The molecule has 0 bridgehead atoms. The van der Waals surface area contributed by atoms with Crippen LogP contribution in [0.15, 0.2) is 42.6 Å². The summed E-state index contributed by atoms with van der Waals surface area (Å²) in [5, 5.41) is 18.5. The standard InChI is InChI=1S/C24H23F4N5O2/c1-13(2)35-19-10-16(25)9-14-3-5-18(29-21(14)19)23-31-30-20-6-4-15(11-33(20)23)22(24(26,27)28)32-8-7-17(34)12-32/h3-6,9-11,13,17,22,34H,7-8,12H2,1-2H3/t17-,22+/m1/s1. The Hall–Kier alpha value is -3.31. The molecule has 0 saturated carbocycles. The number of benzene rings is 1. The van der Waals surface area contributed by atoms with Gasteiger partial charge in [0.2, 0.25) is 0 Å². The van der Waals surface area contributed by atoms with Crippen LogP contribution in [0.4, 0.5) is 17.6 Å². The lowest BCUT2D eigenvalue weighted by atomic mass is 10.1. The predicted octanol–water partition coefficient (Wildman–Crippen LogP) is 4.54. The molecular weight excluding hydrogens is 466 g/mol. The molecule has 184 valence electrons. The van der Waals surface area contributed by atoms with E-state index >= 15 is 0 Å². The van der Waals surface area contributed by atoms with Gasteiger partial charge < -0.3 is 9.84 Å². The van der Waals surface area contributed by atoms with Crippen molar-refractivity contribution in [3.63, 3.8) is 0 Å². The quantitative estimate of drug-likeness (QED) is 0.415. The molecule has 2 atom stereocenters.